The number of fused-ring (bicyclic) bond motifs is 1. The highest BCUT2D eigenvalue weighted by Crippen LogP contribution is 2.29. The smallest absolute Gasteiger partial charge is 0.165 e. The topological polar surface area (TPSA) is 54.7 Å². The van der Waals surface area contributed by atoms with Gasteiger partial charge in [-0.05, 0) is 30.7 Å². The first-order valence-corrected chi connectivity index (χ1v) is 11.4. The van der Waals surface area contributed by atoms with Crippen LogP contribution in [0, 0.1) is 0 Å². The summed E-state index contributed by atoms with van der Waals surface area (Å²) >= 11 is 6.10. The first-order chi connectivity index (χ1) is 15.8. The second-order valence-corrected chi connectivity index (χ2v) is 8.36. The molecule has 0 amide bonds. The van der Waals surface area contributed by atoms with Crippen molar-refractivity contribution >= 4 is 23.1 Å². The molecule has 1 aliphatic heterocycles. The number of hydrogen-bond donors (Lipinski definition) is 1. The number of nitrogens with zero attached hydrogens (tertiary/aromatic N) is 4. The number of hydrogen-bond acceptors (Lipinski definition) is 5. The van der Waals surface area contributed by atoms with E-state index >= 15 is 0 Å². The molecule has 0 saturated carbocycles. The van der Waals surface area contributed by atoms with Gasteiger partial charge in [-0.25, -0.2) is 4.98 Å². The number of halogens is 1. The van der Waals surface area contributed by atoms with Gasteiger partial charge in [-0.3, -0.25) is 4.90 Å². The molecule has 0 spiro atoms. The maximum atomic E-state index is 6.10. The molecular formula is C25H26ClN5O. The molecule has 164 valence electrons. The van der Waals surface area contributed by atoms with Gasteiger partial charge in [-0.15, -0.1) is 0 Å². The van der Waals surface area contributed by atoms with Gasteiger partial charge in [0.15, 0.2) is 5.65 Å². The summed E-state index contributed by atoms with van der Waals surface area (Å²) in [5.74, 6) is 0.934. The lowest BCUT2D eigenvalue weighted by atomic mass is 10.1. The van der Waals surface area contributed by atoms with Gasteiger partial charge in [0, 0.05) is 41.9 Å². The van der Waals surface area contributed by atoms with Gasteiger partial charge in [0.1, 0.15) is 5.82 Å². The molecule has 0 aliphatic carbocycles. The first kappa shape index (κ1) is 20.9. The Kier molecular flexibility index (Phi) is 6.34. The van der Waals surface area contributed by atoms with Crippen LogP contribution >= 0.6 is 11.6 Å². The summed E-state index contributed by atoms with van der Waals surface area (Å²) in [4.78, 5) is 7.42. The van der Waals surface area contributed by atoms with Crippen molar-refractivity contribution < 1.29 is 4.74 Å². The third-order valence-corrected chi connectivity index (χ3v) is 6.01. The van der Waals surface area contributed by atoms with Crippen molar-refractivity contribution in [1.82, 2.24) is 19.5 Å². The van der Waals surface area contributed by atoms with Crippen molar-refractivity contribution in [3.8, 4) is 22.4 Å². The number of nitrogens with one attached hydrogen (secondary N) is 1. The third-order valence-electron chi connectivity index (χ3n) is 5.76. The normalized spacial score (nSPS) is 14.7. The van der Waals surface area contributed by atoms with Crippen LogP contribution < -0.4 is 5.32 Å². The van der Waals surface area contributed by atoms with Crippen LogP contribution in [0.15, 0.2) is 66.9 Å². The highest BCUT2D eigenvalue weighted by molar-refractivity contribution is 6.30. The fraction of sp³-hybridized carbons (Fsp3) is 0.280. The average molecular weight is 448 g/mol. The molecule has 0 bridgehead atoms. The molecule has 1 aliphatic rings. The molecule has 32 heavy (non-hydrogen) atoms. The highest BCUT2D eigenvalue weighted by atomic mass is 35.5. The summed E-state index contributed by atoms with van der Waals surface area (Å²) in [6.45, 7) is 5.61. The van der Waals surface area contributed by atoms with Crippen molar-refractivity contribution in [3.63, 3.8) is 0 Å². The van der Waals surface area contributed by atoms with Crippen LogP contribution in [0.25, 0.3) is 28.0 Å². The highest BCUT2D eigenvalue weighted by Gasteiger charge is 2.14. The number of ether oxygens (including phenoxy) is 1. The van der Waals surface area contributed by atoms with E-state index in [1.807, 2.05) is 53.2 Å². The maximum Gasteiger partial charge on any atom is 0.165 e. The average Bonchev–Trinajstić information content (AvgIpc) is 3.28. The summed E-state index contributed by atoms with van der Waals surface area (Å²) < 4.78 is 7.34. The monoisotopic (exact) mass is 447 g/mol. The lowest BCUT2D eigenvalue weighted by Crippen LogP contribution is -2.37. The minimum atomic E-state index is 0.714. The minimum Gasteiger partial charge on any atom is -0.379 e. The Morgan fingerprint density at radius 3 is 2.53 bits per heavy atom. The molecule has 0 unspecified atom stereocenters. The van der Waals surface area contributed by atoms with Crippen molar-refractivity contribution in [2.45, 2.75) is 6.42 Å². The van der Waals surface area contributed by atoms with Gasteiger partial charge < -0.3 is 10.1 Å². The summed E-state index contributed by atoms with van der Waals surface area (Å²) in [6, 6.07) is 20.1. The molecule has 2 aromatic heterocycles. The van der Waals surface area contributed by atoms with Crippen LogP contribution in [0.1, 0.15) is 6.42 Å². The van der Waals surface area contributed by atoms with Crippen molar-refractivity contribution in [2.75, 3.05) is 44.7 Å². The van der Waals surface area contributed by atoms with Crippen LogP contribution in [-0.4, -0.2) is 58.9 Å². The lowest BCUT2D eigenvalue weighted by molar-refractivity contribution is 0.0378. The standard InChI is InChI=1S/C25H26ClN5O/c26-21-9-7-20(8-10-21)23-17-24(27-11-4-12-30-13-15-32-16-14-30)31-25(29-23)22(18-28-31)19-5-2-1-3-6-19/h1-3,5-10,17-18,27H,4,11-16H2. The molecule has 1 fully saturated rings. The van der Waals surface area contributed by atoms with E-state index in [4.69, 9.17) is 21.3 Å². The molecule has 1 saturated heterocycles. The zero-order chi connectivity index (χ0) is 21.8. The van der Waals surface area contributed by atoms with E-state index in [0.29, 0.717) is 5.02 Å². The fourth-order valence-corrected chi connectivity index (χ4v) is 4.15. The van der Waals surface area contributed by atoms with E-state index in [1.54, 1.807) is 0 Å². The van der Waals surface area contributed by atoms with Crippen molar-refractivity contribution in [2.24, 2.45) is 0 Å². The minimum absolute atomic E-state index is 0.714. The summed E-state index contributed by atoms with van der Waals surface area (Å²) in [5.41, 5.74) is 4.86. The van der Waals surface area contributed by atoms with Crippen LogP contribution in [-0.2, 0) is 4.74 Å². The number of rotatable bonds is 7. The SMILES string of the molecule is Clc1ccc(-c2cc(NCCCN3CCOCC3)n3ncc(-c4ccccc4)c3n2)cc1. The predicted molar refractivity (Wildman–Crippen MR) is 129 cm³/mol. The second kappa shape index (κ2) is 9.69. The van der Waals surface area contributed by atoms with E-state index in [0.717, 1.165) is 79.7 Å². The van der Waals surface area contributed by atoms with Gasteiger partial charge in [-0.1, -0.05) is 54.1 Å². The first-order valence-electron chi connectivity index (χ1n) is 11.0. The van der Waals surface area contributed by atoms with Crippen LogP contribution in [0.2, 0.25) is 5.02 Å². The lowest BCUT2D eigenvalue weighted by Gasteiger charge is -2.26. The van der Waals surface area contributed by atoms with Crippen LogP contribution in [0.3, 0.4) is 0 Å². The Morgan fingerprint density at radius 1 is 0.969 bits per heavy atom. The van der Waals surface area contributed by atoms with E-state index in [2.05, 4.69) is 33.5 Å². The van der Waals surface area contributed by atoms with Gasteiger partial charge >= 0.3 is 0 Å². The Balaban J connectivity index is 1.44. The van der Waals surface area contributed by atoms with E-state index in [9.17, 15) is 0 Å². The maximum absolute atomic E-state index is 6.10. The Labute approximate surface area is 192 Å². The summed E-state index contributed by atoms with van der Waals surface area (Å²) in [6.07, 6.45) is 2.94. The van der Waals surface area contributed by atoms with Crippen LogP contribution in [0.5, 0.6) is 0 Å². The van der Waals surface area contributed by atoms with Gasteiger partial charge in [0.05, 0.1) is 25.1 Å². The Bertz CT molecular complexity index is 1170. The number of anilines is 1. The van der Waals surface area contributed by atoms with E-state index in [-0.39, 0.29) is 0 Å². The zero-order valence-electron chi connectivity index (χ0n) is 17.9. The summed E-state index contributed by atoms with van der Waals surface area (Å²) in [5, 5.41) is 8.96. The molecule has 4 aromatic rings. The zero-order valence-corrected chi connectivity index (χ0v) is 18.6. The number of benzene rings is 2. The van der Waals surface area contributed by atoms with E-state index in [1.165, 1.54) is 0 Å². The van der Waals surface area contributed by atoms with E-state index < -0.39 is 0 Å². The Morgan fingerprint density at radius 2 is 1.75 bits per heavy atom. The Hall–Kier alpha value is -2.93. The van der Waals surface area contributed by atoms with Crippen molar-refractivity contribution in [3.05, 3.63) is 71.9 Å². The molecule has 1 N–H and O–H groups in total. The molecular weight excluding hydrogens is 422 g/mol. The molecule has 5 rings (SSSR count). The van der Waals surface area contributed by atoms with Gasteiger partial charge in [0.2, 0.25) is 0 Å². The number of morpholine rings is 1. The van der Waals surface area contributed by atoms with Crippen LogP contribution in [0.4, 0.5) is 5.82 Å². The van der Waals surface area contributed by atoms with Gasteiger partial charge in [0.25, 0.3) is 0 Å². The third kappa shape index (κ3) is 4.63. The molecule has 2 aromatic carbocycles. The molecule has 0 radical (unpaired) electrons. The molecule has 0 atom stereocenters. The molecule has 6 nitrogen and oxygen atoms in total. The molecule has 3 heterocycles. The summed E-state index contributed by atoms with van der Waals surface area (Å²) in [7, 11) is 0. The second-order valence-electron chi connectivity index (χ2n) is 7.93. The quantitative estimate of drug-likeness (QED) is 0.410. The van der Waals surface area contributed by atoms with Crippen molar-refractivity contribution in [1.29, 1.82) is 0 Å². The molecule has 7 heteroatoms. The largest absolute Gasteiger partial charge is 0.379 e. The van der Waals surface area contributed by atoms with Gasteiger partial charge in [-0.2, -0.15) is 9.61 Å². The predicted octanol–water partition coefficient (Wildman–Crippen LogP) is 4.85. The fourth-order valence-electron chi connectivity index (χ4n) is 4.02. The number of aromatic nitrogens is 3.